The normalized spacial score (nSPS) is 15.3. The van der Waals surface area contributed by atoms with E-state index in [1.807, 2.05) is 51.5 Å². The summed E-state index contributed by atoms with van der Waals surface area (Å²) in [5.74, 6) is -1.08. The highest BCUT2D eigenvalue weighted by atomic mass is 31.2. The Kier molecular flexibility index (Phi) is 37.5. The first-order valence-electron chi connectivity index (χ1n) is 22.9. The molecule has 0 amide bonds. The number of hydrogen-bond acceptors (Lipinski definition) is 10. The predicted molar refractivity (Wildman–Crippen MR) is 243 cm³/mol. The van der Waals surface area contributed by atoms with Gasteiger partial charge in [-0.3, -0.25) is 14.2 Å². The summed E-state index contributed by atoms with van der Waals surface area (Å²) in [4.78, 5) is 37.6. The molecule has 0 heterocycles. The van der Waals surface area contributed by atoms with E-state index in [-0.39, 0.29) is 26.1 Å². The number of esters is 2. The van der Waals surface area contributed by atoms with E-state index in [2.05, 4.69) is 38.2 Å². The molecule has 0 aliphatic rings. The zero-order valence-electron chi connectivity index (χ0n) is 38.1. The summed E-state index contributed by atoms with van der Waals surface area (Å²) < 4.78 is 33.7. The van der Waals surface area contributed by atoms with Crippen molar-refractivity contribution in [3.8, 4) is 0 Å². The molecule has 60 heavy (non-hydrogen) atoms. The molecule has 0 aromatic rings. The number of phosphoric acid groups is 1. The quantitative estimate of drug-likeness (QED) is 0.0152. The van der Waals surface area contributed by atoms with Gasteiger partial charge in [-0.25, -0.2) is 0 Å². The molecule has 0 aromatic carbocycles. The maximum absolute atomic E-state index is 12.7. The molecular weight excluding hydrogens is 781 g/mol. The van der Waals surface area contributed by atoms with E-state index in [1.165, 1.54) is 38.5 Å². The molecule has 0 spiro atoms. The topological polar surface area (TPSA) is 152 Å². The minimum Gasteiger partial charge on any atom is -0.756 e. The highest BCUT2D eigenvalue weighted by Crippen LogP contribution is 2.38. The molecule has 0 aliphatic carbocycles. The summed E-state index contributed by atoms with van der Waals surface area (Å²) in [5, 5.41) is 20.2. The Morgan fingerprint density at radius 3 is 1.73 bits per heavy atom. The third-order valence-electron chi connectivity index (χ3n) is 9.41. The van der Waals surface area contributed by atoms with Crippen LogP contribution in [0.4, 0.5) is 0 Å². The second-order valence-corrected chi connectivity index (χ2v) is 17.9. The van der Waals surface area contributed by atoms with Crippen LogP contribution in [-0.4, -0.2) is 92.5 Å². The molecule has 0 fully saturated rings. The zero-order valence-corrected chi connectivity index (χ0v) is 39.0. The second kappa shape index (κ2) is 39.2. The molecule has 0 rings (SSSR count). The lowest BCUT2D eigenvalue weighted by molar-refractivity contribution is -0.870. The molecule has 12 heteroatoms. The molecule has 0 bridgehead atoms. The van der Waals surface area contributed by atoms with Crippen LogP contribution in [0.25, 0.3) is 0 Å². The van der Waals surface area contributed by atoms with E-state index < -0.39 is 44.7 Å². The maximum atomic E-state index is 12.7. The number of likely N-dealkylation sites (N-methyl/N-ethyl adjacent to an activating group) is 1. The smallest absolute Gasteiger partial charge is 0.306 e. The van der Waals surface area contributed by atoms with Gasteiger partial charge < -0.3 is 38.1 Å². The van der Waals surface area contributed by atoms with E-state index in [4.69, 9.17) is 18.5 Å². The fraction of sp³-hybridized carbons (Fsp3) is 0.708. The van der Waals surface area contributed by atoms with Crippen molar-refractivity contribution in [2.75, 3.05) is 47.5 Å². The number of aliphatic hydroxyl groups is 2. The zero-order chi connectivity index (χ0) is 44.6. The minimum absolute atomic E-state index is 0.0235. The van der Waals surface area contributed by atoms with Crippen LogP contribution in [0, 0.1) is 0 Å². The van der Waals surface area contributed by atoms with E-state index in [9.17, 15) is 29.3 Å². The lowest BCUT2D eigenvalue weighted by Gasteiger charge is -2.28. The summed E-state index contributed by atoms with van der Waals surface area (Å²) in [7, 11) is 1.02. The van der Waals surface area contributed by atoms with Gasteiger partial charge in [-0.2, -0.15) is 0 Å². The standard InChI is InChI=1S/C48H84NO10P/c1-6-8-10-11-12-13-14-15-16-17-18-19-20-21-25-28-32-38-48(53)59-46(43-58-60(54,55)57-41-40-49(3,4)5)42-56-47(52)39-33-37-45(51)36-31-27-24-22-23-26-30-35-44(50)34-29-9-7-2/h12-13,15-16,23-24,26-27,30-31,35-36,44-46,50-51H,6-11,14,17-22,25,28-29,32-34,37-43H2,1-5H3/b13-12-,16-15-,26-23-,27-24-,35-30+,36-31+/t44-,45-,46+/m0/s1. The van der Waals surface area contributed by atoms with Crippen LogP contribution >= 0.6 is 7.82 Å². The van der Waals surface area contributed by atoms with E-state index in [0.29, 0.717) is 36.7 Å². The third kappa shape index (κ3) is 42.1. The molecule has 11 nitrogen and oxygen atoms in total. The third-order valence-corrected chi connectivity index (χ3v) is 10.4. The fourth-order valence-corrected chi connectivity index (χ4v) is 6.45. The number of ether oxygens (including phenoxy) is 2. The van der Waals surface area contributed by atoms with Gasteiger partial charge in [0.2, 0.25) is 0 Å². The first kappa shape index (κ1) is 57.4. The van der Waals surface area contributed by atoms with E-state index >= 15 is 0 Å². The SMILES string of the molecule is CCCCC/C=C\C/C=C\CCCCCCCCCC(=O)O[C@H](COC(=O)CCC[C@@H](O)/C=C/C=C\C/C=C\C=C\[C@@H](O)CCCCC)COP(=O)([O-])OCC[N+](C)(C)C. The number of unbranched alkanes of at least 4 members (excludes halogenated alkanes) is 12. The Morgan fingerprint density at radius 2 is 1.13 bits per heavy atom. The average molecular weight is 866 g/mol. The molecule has 0 aromatic heterocycles. The Hall–Kier alpha value is -2.63. The number of allylic oxidation sites excluding steroid dienone is 10. The largest absolute Gasteiger partial charge is 0.756 e. The summed E-state index contributed by atoms with van der Waals surface area (Å²) in [6.45, 7) is 3.81. The summed E-state index contributed by atoms with van der Waals surface area (Å²) in [5.41, 5.74) is 0. The van der Waals surface area contributed by atoms with Crippen molar-refractivity contribution < 1.29 is 52.3 Å². The van der Waals surface area contributed by atoms with Crippen LogP contribution in [0.15, 0.2) is 72.9 Å². The van der Waals surface area contributed by atoms with Crippen molar-refractivity contribution >= 4 is 19.8 Å². The van der Waals surface area contributed by atoms with Crippen LogP contribution in [0.1, 0.15) is 155 Å². The highest BCUT2D eigenvalue weighted by Gasteiger charge is 2.22. The molecule has 0 radical (unpaired) electrons. The first-order valence-corrected chi connectivity index (χ1v) is 24.3. The van der Waals surface area contributed by atoms with Crippen molar-refractivity contribution in [1.29, 1.82) is 0 Å². The summed E-state index contributed by atoms with van der Waals surface area (Å²) >= 11 is 0. The van der Waals surface area contributed by atoms with E-state index in [0.717, 1.165) is 64.2 Å². The number of hydrogen-bond donors (Lipinski definition) is 2. The monoisotopic (exact) mass is 866 g/mol. The summed E-state index contributed by atoms with van der Waals surface area (Å²) in [6.07, 6.45) is 41.4. The van der Waals surface area contributed by atoms with Crippen LogP contribution in [0.3, 0.4) is 0 Å². The Morgan fingerprint density at radius 1 is 0.617 bits per heavy atom. The van der Waals surface area contributed by atoms with Crippen molar-refractivity contribution in [1.82, 2.24) is 0 Å². The molecule has 1 unspecified atom stereocenters. The molecule has 0 saturated heterocycles. The van der Waals surface area contributed by atoms with Gasteiger partial charge >= 0.3 is 11.9 Å². The number of rotatable bonds is 40. The molecule has 2 N–H and O–H groups in total. The van der Waals surface area contributed by atoms with Gasteiger partial charge in [0.15, 0.2) is 6.10 Å². The number of carbonyl (C=O) groups excluding carboxylic acids is 2. The Labute approximate surface area is 364 Å². The molecule has 0 aliphatic heterocycles. The molecular formula is C48H84NO10P. The highest BCUT2D eigenvalue weighted by molar-refractivity contribution is 7.45. The van der Waals surface area contributed by atoms with Gasteiger partial charge in [-0.05, 0) is 64.2 Å². The lowest BCUT2D eigenvalue weighted by Crippen LogP contribution is -2.37. The van der Waals surface area contributed by atoms with Gasteiger partial charge in [-0.1, -0.05) is 151 Å². The van der Waals surface area contributed by atoms with Crippen LogP contribution < -0.4 is 4.89 Å². The molecule has 4 atom stereocenters. The average Bonchev–Trinajstić information content (AvgIpc) is 3.19. The number of carbonyl (C=O) groups is 2. The Bertz CT molecular complexity index is 1290. The number of quaternary nitrogens is 1. The van der Waals surface area contributed by atoms with Crippen LogP contribution in [-0.2, 0) is 32.7 Å². The minimum atomic E-state index is -4.69. The Balaban J connectivity index is 4.59. The lowest BCUT2D eigenvalue weighted by atomic mass is 10.1. The first-order chi connectivity index (χ1) is 28.8. The van der Waals surface area contributed by atoms with Gasteiger partial charge in [0.1, 0.15) is 19.8 Å². The van der Waals surface area contributed by atoms with Crippen molar-refractivity contribution in [2.24, 2.45) is 0 Å². The van der Waals surface area contributed by atoms with Gasteiger partial charge in [0, 0.05) is 12.8 Å². The number of aliphatic hydroxyl groups excluding tert-OH is 2. The summed E-state index contributed by atoms with van der Waals surface area (Å²) in [6, 6.07) is 0. The van der Waals surface area contributed by atoms with Crippen molar-refractivity contribution in [3.05, 3.63) is 72.9 Å². The molecule has 0 saturated carbocycles. The van der Waals surface area contributed by atoms with Crippen molar-refractivity contribution in [3.63, 3.8) is 0 Å². The van der Waals surface area contributed by atoms with Crippen LogP contribution in [0.2, 0.25) is 0 Å². The maximum Gasteiger partial charge on any atom is 0.306 e. The second-order valence-electron chi connectivity index (χ2n) is 16.5. The van der Waals surface area contributed by atoms with Crippen LogP contribution in [0.5, 0.6) is 0 Å². The van der Waals surface area contributed by atoms with Gasteiger partial charge in [0.05, 0.1) is 40.0 Å². The predicted octanol–water partition coefficient (Wildman–Crippen LogP) is 10.3. The fourth-order valence-electron chi connectivity index (χ4n) is 5.72. The van der Waals surface area contributed by atoms with Crippen molar-refractivity contribution in [2.45, 2.75) is 173 Å². The number of phosphoric ester groups is 1. The number of nitrogens with zero attached hydrogens (tertiary/aromatic N) is 1. The van der Waals surface area contributed by atoms with Gasteiger partial charge in [-0.15, -0.1) is 0 Å². The van der Waals surface area contributed by atoms with Gasteiger partial charge in [0.25, 0.3) is 7.82 Å². The molecule has 346 valence electrons. The van der Waals surface area contributed by atoms with E-state index in [1.54, 1.807) is 18.2 Å².